The van der Waals surface area contributed by atoms with Crippen molar-refractivity contribution in [2.45, 2.75) is 6.54 Å². The molecule has 2 rings (SSSR count). The van der Waals surface area contributed by atoms with E-state index in [0.717, 1.165) is 5.56 Å². The summed E-state index contributed by atoms with van der Waals surface area (Å²) in [5.41, 5.74) is 6.47. The summed E-state index contributed by atoms with van der Waals surface area (Å²) in [5.74, 6) is -0.218. The molecule has 0 saturated heterocycles. The fraction of sp³-hybridized carbons (Fsp3) is 0.0833. The van der Waals surface area contributed by atoms with Crippen LogP contribution in [0.2, 0.25) is 0 Å². The molecule has 0 aliphatic carbocycles. The third-order valence-corrected chi connectivity index (χ3v) is 2.35. The van der Waals surface area contributed by atoms with Crippen LogP contribution in [-0.4, -0.2) is 21.0 Å². The van der Waals surface area contributed by atoms with Gasteiger partial charge in [0.1, 0.15) is 11.6 Å². The summed E-state index contributed by atoms with van der Waals surface area (Å²) in [4.78, 5) is 19.6. The Hall–Kier alpha value is -2.47. The van der Waals surface area contributed by atoms with Crippen molar-refractivity contribution in [3.63, 3.8) is 0 Å². The summed E-state index contributed by atoms with van der Waals surface area (Å²) < 4.78 is 0. The number of anilines is 1. The zero-order valence-corrected chi connectivity index (χ0v) is 9.50. The van der Waals surface area contributed by atoms with Gasteiger partial charge in [0, 0.05) is 18.9 Å². The quantitative estimate of drug-likeness (QED) is 0.744. The van der Waals surface area contributed by atoms with Gasteiger partial charge in [-0.1, -0.05) is 6.07 Å². The first-order valence-electron chi connectivity index (χ1n) is 5.30. The highest BCUT2D eigenvalue weighted by Crippen LogP contribution is 2.15. The Balaban J connectivity index is 2.14. The topological polar surface area (TPSA) is 101 Å². The molecule has 2 aromatic rings. The van der Waals surface area contributed by atoms with Crippen molar-refractivity contribution in [3.8, 4) is 5.75 Å². The maximum atomic E-state index is 11.8. The van der Waals surface area contributed by atoms with Gasteiger partial charge in [-0.25, -0.2) is 4.98 Å². The lowest BCUT2D eigenvalue weighted by atomic mass is 10.2. The summed E-state index contributed by atoms with van der Waals surface area (Å²) in [5, 5.41) is 12.1. The van der Waals surface area contributed by atoms with Gasteiger partial charge < -0.3 is 16.2 Å². The van der Waals surface area contributed by atoms with Crippen LogP contribution in [0.3, 0.4) is 0 Å². The number of hydrogen-bond acceptors (Lipinski definition) is 5. The number of nitrogens with two attached hydrogens (primary N) is 1. The molecule has 0 aromatic carbocycles. The van der Waals surface area contributed by atoms with Crippen LogP contribution >= 0.6 is 0 Å². The Bertz CT molecular complexity index is 554. The smallest absolute Gasteiger partial charge is 0.260 e. The first-order valence-corrected chi connectivity index (χ1v) is 5.30. The van der Waals surface area contributed by atoms with E-state index in [9.17, 15) is 9.90 Å². The molecule has 0 aliphatic rings. The Morgan fingerprint density at radius 1 is 1.33 bits per heavy atom. The number of carbonyl (C=O) groups is 1. The van der Waals surface area contributed by atoms with E-state index < -0.39 is 5.91 Å². The number of nitrogens with zero attached hydrogens (tertiary/aromatic N) is 2. The molecule has 0 radical (unpaired) electrons. The van der Waals surface area contributed by atoms with Crippen LogP contribution in [0.15, 0.2) is 36.8 Å². The largest absolute Gasteiger partial charge is 0.505 e. The summed E-state index contributed by atoms with van der Waals surface area (Å²) in [6.07, 6.45) is 4.22. The Labute approximate surface area is 104 Å². The van der Waals surface area contributed by atoms with Crippen LogP contribution < -0.4 is 11.1 Å². The molecule has 0 atom stereocenters. The van der Waals surface area contributed by atoms with Crippen LogP contribution in [0.25, 0.3) is 0 Å². The zero-order valence-electron chi connectivity index (χ0n) is 9.50. The minimum absolute atomic E-state index is 0.148. The minimum atomic E-state index is -0.442. The molecule has 0 saturated carbocycles. The van der Waals surface area contributed by atoms with E-state index in [1.807, 2.05) is 0 Å². The Kier molecular flexibility index (Phi) is 3.49. The van der Waals surface area contributed by atoms with E-state index in [4.69, 9.17) is 5.73 Å². The van der Waals surface area contributed by atoms with E-state index in [-0.39, 0.29) is 11.3 Å². The van der Waals surface area contributed by atoms with Gasteiger partial charge in [-0.05, 0) is 17.7 Å². The zero-order chi connectivity index (χ0) is 13.0. The maximum Gasteiger partial charge on any atom is 0.260 e. The highest BCUT2D eigenvalue weighted by atomic mass is 16.3. The second kappa shape index (κ2) is 5.24. The molecule has 0 spiro atoms. The van der Waals surface area contributed by atoms with Crippen molar-refractivity contribution in [1.82, 2.24) is 9.97 Å². The van der Waals surface area contributed by atoms with Gasteiger partial charge in [-0.2, -0.15) is 0 Å². The molecule has 0 unspecified atom stereocenters. The lowest BCUT2D eigenvalue weighted by molar-refractivity contribution is 0.102. The molecule has 6 nitrogen and oxygen atoms in total. The van der Waals surface area contributed by atoms with Crippen molar-refractivity contribution in [2.75, 3.05) is 5.32 Å². The second-order valence-corrected chi connectivity index (χ2v) is 3.60. The number of aromatic hydroxyl groups is 1. The molecule has 2 aromatic heterocycles. The van der Waals surface area contributed by atoms with Gasteiger partial charge in [0.05, 0.1) is 11.8 Å². The number of carbonyl (C=O) groups excluding carboxylic acids is 1. The van der Waals surface area contributed by atoms with E-state index >= 15 is 0 Å². The van der Waals surface area contributed by atoms with Crippen molar-refractivity contribution in [1.29, 1.82) is 0 Å². The third-order valence-electron chi connectivity index (χ3n) is 2.35. The summed E-state index contributed by atoms with van der Waals surface area (Å²) in [7, 11) is 0. The highest BCUT2D eigenvalue weighted by Gasteiger charge is 2.11. The number of aromatic nitrogens is 2. The molecule has 2 heterocycles. The molecule has 0 fully saturated rings. The van der Waals surface area contributed by atoms with E-state index in [1.165, 1.54) is 18.5 Å². The molecule has 18 heavy (non-hydrogen) atoms. The number of rotatable bonds is 3. The predicted molar refractivity (Wildman–Crippen MR) is 66.0 cm³/mol. The molecule has 0 bridgehead atoms. The number of nitrogens with one attached hydrogen (secondary N) is 1. The number of hydrogen-bond donors (Lipinski definition) is 3. The first kappa shape index (κ1) is 12.0. The number of amides is 1. The van der Waals surface area contributed by atoms with Crippen LogP contribution in [0.5, 0.6) is 5.75 Å². The van der Waals surface area contributed by atoms with Crippen LogP contribution in [-0.2, 0) is 6.54 Å². The summed E-state index contributed by atoms with van der Waals surface area (Å²) in [6.45, 7) is 0.395. The van der Waals surface area contributed by atoms with Crippen LogP contribution in [0.1, 0.15) is 15.9 Å². The molecular weight excluding hydrogens is 232 g/mol. The average Bonchev–Trinajstić information content (AvgIpc) is 2.40. The third kappa shape index (κ3) is 2.61. The minimum Gasteiger partial charge on any atom is -0.505 e. The van der Waals surface area contributed by atoms with Crippen molar-refractivity contribution in [3.05, 3.63) is 47.9 Å². The van der Waals surface area contributed by atoms with Gasteiger partial charge in [0.2, 0.25) is 0 Å². The van der Waals surface area contributed by atoms with E-state index in [1.54, 1.807) is 18.3 Å². The number of pyridine rings is 2. The van der Waals surface area contributed by atoms with Gasteiger partial charge >= 0.3 is 0 Å². The first-order chi connectivity index (χ1) is 8.70. The van der Waals surface area contributed by atoms with Crippen molar-refractivity contribution < 1.29 is 9.90 Å². The molecule has 1 amide bonds. The lowest BCUT2D eigenvalue weighted by Crippen LogP contribution is -2.13. The fourth-order valence-electron chi connectivity index (χ4n) is 1.38. The summed E-state index contributed by atoms with van der Waals surface area (Å²) in [6, 6.07) is 4.85. The van der Waals surface area contributed by atoms with Crippen LogP contribution in [0.4, 0.5) is 5.82 Å². The van der Waals surface area contributed by atoms with Crippen molar-refractivity contribution in [2.24, 2.45) is 5.73 Å². The van der Waals surface area contributed by atoms with Crippen LogP contribution in [0, 0.1) is 0 Å². The normalized spacial score (nSPS) is 10.1. The highest BCUT2D eigenvalue weighted by molar-refractivity contribution is 6.05. The van der Waals surface area contributed by atoms with E-state index in [0.29, 0.717) is 12.4 Å². The SMILES string of the molecule is NCc1ccc(NC(=O)c2ccncc2O)nc1. The predicted octanol–water partition coefficient (Wildman–Crippen LogP) is 0.893. The van der Waals surface area contributed by atoms with Gasteiger partial charge in [-0.3, -0.25) is 9.78 Å². The molecule has 6 heteroatoms. The Morgan fingerprint density at radius 3 is 2.78 bits per heavy atom. The maximum absolute atomic E-state index is 11.8. The van der Waals surface area contributed by atoms with Gasteiger partial charge in [0.25, 0.3) is 5.91 Å². The molecule has 0 aliphatic heterocycles. The monoisotopic (exact) mass is 244 g/mol. The Morgan fingerprint density at radius 2 is 2.17 bits per heavy atom. The molecular formula is C12H12N4O2. The molecule has 4 N–H and O–H groups in total. The average molecular weight is 244 g/mol. The molecule has 92 valence electrons. The van der Waals surface area contributed by atoms with Crippen molar-refractivity contribution >= 4 is 11.7 Å². The standard InChI is InChI=1S/C12H12N4O2/c13-5-8-1-2-11(15-6-8)16-12(18)9-3-4-14-7-10(9)17/h1-4,6-7,17H,5,13H2,(H,15,16,18). The van der Waals surface area contributed by atoms with E-state index in [2.05, 4.69) is 15.3 Å². The van der Waals surface area contributed by atoms with Gasteiger partial charge in [-0.15, -0.1) is 0 Å². The van der Waals surface area contributed by atoms with Gasteiger partial charge in [0.15, 0.2) is 0 Å². The second-order valence-electron chi connectivity index (χ2n) is 3.60. The summed E-state index contributed by atoms with van der Waals surface area (Å²) >= 11 is 0. The lowest BCUT2D eigenvalue weighted by Gasteiger charge is -2.06. The fourth-order valence-corrected chi connectivity index (χ4v) is 1.38.